The Morgan fingerprint density at radius 2 is 2.04 bits per heavy atom. The third-order valence-corrected chi connectivity index (χ3v) is 9.17. The van der Waals surface area contributed by atoms with Gasteiger partial charge in [-0.25, -0.2) is 0 Å². The Balaban J connectivity index is 2.51. The maximum atomic E-state index is 11.8. The highest BCUT2D eigenvalue weighted by molar-refractivity contribution is 6.74. The van der Waals surface area contributed by atoms with Gasteiger partial charge in [-0.05, 0) is 50.0 Å². The van der Waals surface area contributed by atoms with Crippen molar-refractivity contribution in [3.63, 3.8) is 0 Å². The first-order valence-electron chi connectivity index (χ1n) is 8.50. The van der Waals surface area contributed by atoms with Crippen molar-refractivity contribution in [1.82, 2.24) is 0 Å². The van der Waals surface area contributed by atoms with E-state index in [1.807, 2.05) is 19.1 Å². The number of hydrogen-bond donors (Lipinski definition) is 0. The third-order valence-electron chi connectivity index (χ3n) is 4.63. The lowest BCUT2D eigenvalue weighted by atomic mass is 9.97. The average molecular weight is 341 g/mol. The van der Waals surface area contributed by atoms with Gasteiger partial charge in [-0.2, -0.15) is 0 Å². The zero-order valence-electron chi connectivity index (χ0n) is 15.5. The molecule has 1 aromatic heterocycles. The van der Waals surface area contributed by atoms with Gasteiger partial charge in [0.05, 0.1) is 19.3 Å². The molecule has 0 amide bonds. The van der Waals surface area contributed by atoms with Crippen LogP contribution in [0.4, 0.5) is 0 Å². The van der Waals surface area contributed by atoms with Crippen LogP contribution in [0.1, 0.15) is 58.6 Å². The van der Waals surface area contributed by atoms with Crippen LogP contribution in [0.15, 0.2) is 22.8 Å². The Bertz CT molecular complexity index is 460. The first kappa shape index (κ1) is 20.0. The summed E-state index contributed by atoms with van der Waals surface area (Å²) >= 11 is 0. The molecule has 0 fully saturated rings. The zero-order chi connectivity index (χ0) is 17.5. The van der Waals surface area contributed by atoms with Gasteiger partial charge >= 0.3 is 5.97 Å². The summed E-state index contributed by atoms with van der Waals surface area (Å²) in [6.07, 6.45) is 3.79. The second kappa shape index (κ2) is 8.69. The van der Waals surface area contributed by atoms with Crippen LogP contribution in [0.25, 0.3) is 0 Å². The molecule has 0 aliphatic rings. The molecule has 0 radical (unpaired) electrons. The largest absolute Gasteiger partial charge is 0.469 e. The Labute approximate surface area is 141 Å². The molecule has 0 saturated heterocycles. The van der Waals surface area contributed by atoms with Crippen molar-refractivity contribution in [3.05, 3.63) is 24.2 Å². The first-order chi connectivity index (χ1) is 10.7. The fourth-order valence-electron chi connectivity index (χ4n) is 2.16. The number of esters is 1. The van der Waals surface area contributed by atoms with Crippen LogP contribution in [0, 0.1) is 0 Å². The lowest BCUT2D eigenvalue weighted by Crippen LogP contribution is -2.41. The van der Waals surface area contributed by atoms with Crippen molar-refractivity contribution in [2.45, 2.75) is 71.0 Å². The van der Waals surface area contributed by atoms with E-state index in [4.69, 9.17) is 13.6 Å². The van der Waals surface area contributed by atoms with E-state index in [1.165, 1.54) is 0 Å². The molecule has 4 nitrogen and oxygen atoms in total. The highest BCUT2D eigenvalue weighted by atomic mass is 28.4. The predicted octanol–water partition coefficient (Wildman–Crippen LogP) is 5.12. The quantitative estimate of drug-likeness (QED) is 0.356. The van der Waals surface area contributed by atoms with E-state index in [1.54, 1.807) is 6.26 Å². The normalized spacial score (nSPS) is 13.8. The van der Waals surface area contributed by atoms with Crippen molar-refractivity contribution < 1.29 is 18.4 Å². The SMILES string of the molecule is CCOC(=O)CC(CCCO[Si](C)(C)C(C)(C)C)c1ccco1. The lowest BCUT2D eigenvalue weighted by Gasteiger charge is -2.36. The number of carbonyl (C=O) groups excluding carboxylic acids is 1. The van der Waals surface area contributed by atoms with E-state index in [9.17, 15) is 4.79 Å². The molecule has 0 N–H and O–H groups in total. The third kappa shape index (κ3) is 6.51. The molecule has 23 heavy (non-hydrogen) atoms. The van der Waals surface area contributed by atoms with Gasteiger partial charge in [-0.1, -0.05) is 20.8 Å². The molecule has 0 saturated carbocycles. The summed E-state index contributed by atoms with van der Waals surface area (Å²) in [4.78, 5) is 11.8. The summed E-state index contributed by atoms with van der Waals surface area (Å²) in [5.41, 5.74) is 0. The van der Waals surface area contributed by atoms with E-state index in [2.05, 4.69) is 33.9 Å². The molecule has 1 heterocycles. The second-order valence-electron chi connectivity index (χ2n) is 7.47. The van der Waals surface area contributed by atoms with Crippen LogP contribution < -0.4 is 0 Å². The molecule has 0 aliphatic heterocycles. The number of ether oxygens (including phenoxy) is 1. The molecule has 5 heteroatoms. The fraction of sp³-hybridized carbons (Fsp3) is 0.722. The van der Waals surface area contributed by atoms with Gasteiger partial charge < -0.3 is 13.6 Å². The Morgan fingerprint density at radius 1 is 1.35 bits per heavy atom. The first-order valence-corrected chi connectivity index (χ1v) is 11.4. The zero-order valence-corrected chi connectivity index (χ0v) is 16.5. The molecular formula is C18H32O4Si. The molecular weight excluding hydrogens is 308 g/mol. The molecule has 132 valence electrons. The Morgan fingerprint density at radius 3 is 2.57 bits per heavy atom. The molecule has 1 atom stereocenters. The van der Waals surface area contributed by atoms with Crippen LogP contribution in [0.3, 0.4) is 0 Å². The van der Waals surface area contributed by atoms with E-state index < -0.39 is 8.32 Å². The van der Waals surface area contributed by atoms with Crippen molar-refractivity contribution in [1.29, 1.82) is 0 Å². The number of rotatable bonds is 9. The highest BCUT2D eigenvalue weighted by Gasteiger charge is 2.36. The van der Waals surface area contributed by atoms with Crippen molar-refractivity contribution >= 4 is 14.3 Å². The van der Waals surface area contributed by atoms with Gasteiger partial charge in [0.2, 0.25) is 0 Å². The Kier molecular flexibility index (Phi) is 7.54. The minimum atomic E-state index is -1.70. The summed E-state index contributed by atoms with van der Waals surface area (Å²) < 4.78 is 16.8. The van der Waals surface area contributed by atoms with Crippen molar-refractivity contribution in [2.75, 3.05) is 13.2 Å². The minimum Gasteiger partial charge on any atom is -0.469 e. The van der Waals surface area contributed by atoms with Gasteiger partial charge in [0, 0.05) is 12.5 Å². The highest BCUT2D eigenvalue weighted by Crippen LogP contribution is 2.36. The molecule has 0 spiro atoms. The lowest BCUT2D eigenvalue weighted by molar-refractivity contribution is -0.143. The fourth-order valence-corrected chi connectivity index (χ4v) is 3.25. The summed E-state index contributed by atoms with van der Waals surface area (Å²) in [6, 6.07) is 3.79. The molecule has 1 unspecified atom stereocenters. The van der Waals surface area contributed by atoms with Crippen LogP contribution in [-0.4, -0.2) is 27.5 Å². The van der Waals surface area contributed by atoms with Crippen LogP contribution in [-0.2, 0) is 14.0 Å². The monoisotopic (exact) mass is 340 g/mol. The summed E-state index contributed by atoms with van der Waals surface area (Å²) in [7, 11) is -1.70. The molecule has 0 aliphatic carbocycles. The maximum Gasteiger partial charge on any atom is 0.306 e. The number of carbonyl (C=O) groups is 1. The predicted molar refractivity (Wildman–Crippen MR) is 95.1 cm³/mol. The second-order valence-corrected chi connectivity index (χ2v) is 12.3. The van der Waals surface area contributed by atoms with E-state index in [0.29, 0.717) is 13.0 Å². The van der Waals surface area contributed by atoms with Crippen molar-refractivity contribution in [2.24, 2.45) is 0 Å². The maximum absolute atomic E-state index is 11.8. The standard InChI is InChI=1S/C18H32O4Si/c1-7-20-17(19)14-15(16-11-9-12-21-16)10-8-13-22-23(5,6)18(2,3)4/h9,11-12,15H,7-8,10,13-14H2,1-6H3. The molecule has 0 bridgehead atoms. The average Bonchev–Trinajstić information content (AvgIpc) is 2.95. The van der Waals surface area contributed by atoms with Gasteiger partial charge in [0.1, 0.15) is 5.76 Å². The molecule has 0 aromatic carbocycles. The van der Waals surface area contributed by atoms with Gasteiger partial charge in [-0.15, -0.1) is 0 Å². The van der Waals surface area contributed by atoms with Crippen LogP contribution >= 0.6 is 0 Å². The van der Waals surface area contributed by atoms with Gasteiger partial charge in [0.15, 0.2) is 8.32 Å². The summed E-state index contributed by atoms with van der Waals surface area (Å²) in [5, 5.41) is 0.221. The van der Waals surface area contributed by atoms with Gasteiger partial charge in [-0.3, -0.25) is 4.79 Å². The summed E-state index contributed by atoms with van der Waals surface area (Å²) in [5.74, 6) is 0.747. The van der Waals surface area contributed by atoms with Gasteiger partial charge in [0.25, 0.3) is 0 Å². The smallest absolute Gasteiger partial charge is 0.306 e. The molecule has 1 aromatic rings. The van der Waals surface area contributed by atoms with Crippen LogP contribution in [0.2, 0.25) is 18.1 Å². The van der Waals surface area contributed by atoms with E-state index >= 15 is 0 Å². The van der Waals surface area contributed by atoms with Crippen molar-refractivity contribution in [3.8, 4) is 0 Å². The topological polar surface area (TPSA) is 48.7 Å². The minimum absolute atomic E-state index is 0.0621. The van der Waals surface area contributed by atoms with E-state index in [0.717, 1.165) is 25.2 Å². The number of hydrogen-bond acceptors (Lipinski definition) is 4. The number of furan rings is 1. The van der Waals surface area contributed by atoms with Crippen LogP contribution in [0.5, 0.6) is 0 Å². The Hall–Kier alpha value is -1.07. The van der Waals surface area contributed by atoms with E-state index in [-0.39, 0.29) is 16.9 Å². The molecule has 1 rings (SSSR count). The summed E-state index contributed by atoms with van der Waals surface area (Å²) in [6.45, 7) is 14.2.